The largest absolute Gasteiger partial charge is 0.457 e. The van der Waals surface area contributed by atoms with Crippen LogP contribution in [-0.4, -0.2) is 33.9 Å². The standard InChI is InChI=1S/C25H22N6O2/c1-17(14-26)25(32)31-13-5-6-18(15-31)22-23(27)28-16-29-24(22)30-19-9-11-21(12-10-19)33-20-7-3-2-4-8-20/h2-4,6-12,16H,1,5,13,15H2,(H3,27,28,29,30). The predicted octanol–water partition coefficient (Wildman–Crippen LogP) is 4.29. The number of nitriles is 1. The van der Waals surface area contributed by atoms with E-state index in [1.54, 1.807) is 4.90 Å². The Morgan fingerprint density at radius 3 is 2.58 bits per heavy atom. The number of nitrogen functional groups attached to an aromatic ring is 1. The first-order chi connectivity index (χ1) is 16.0. The maximum atomic E-state index is 12.4. The third-order valence-corrected chi connectivity index (χ3v) is 5.12. The van der Waals surface area contributed by atoms with Gasteiger partial charge in [0.1, 0.15) is 41.1 Å². The van der Waals surface area contributed by atoms with Crippen molar-refractivity contribution >= 4 is 28.8 Å². The van der Waals surface area contributed by atoms with Gasteiger partial charge in [-0.3, -0.25) is 4.79 Å². The first-order valence-corrected chi connectivity index (χ1v) is 10.3. The molecule has 2 aromatic carbocycles. The Kier molecular flexibility index (Phi) is 6.32. The van der Waals surface area contributed by atoms with E-state index in [9.17, 15) is 4.79 Å². The van der Waals surface area contributed by atoms with Crippen LogP contribution >= 0.6 is 0 Å². The van der Waals surface area contributed by atoms with E-state index in [1.807, 2.05) is 66.7 Å². The van der Waals surface area contributed by atoms with E-state index >= 15 is 0 Å². The fourth-order valence-electron chi connectivity index (χ4n) is 3.52. The molecule has 0 spiro atoms. The minimum absolute atomic E-state index is 0.0929. The quantitative estimate of drug-likeness (QED) is 0.435. The molecule has 0 saturated heterocycles. The van der Waals surface area contributed by atoms with Gasteiger partial charge in [0, 0.05) is 18.8 Å². The number of ether oxygens (including phenoxy) is 1. The third-order valence-electron chi connectivity index (χ3n) is 5.12. The highest BCUT2D eigenvalue weighted by Crippen LogP contribution is 2.32. The number of carbonyl (C=O) groups is 1. The van der Waals surface area contributed by atoms with E-state index < -0.39 is 0 Å². The molecule has 1 aliphatic heterocycles. The van der Waals surface area contributed by atoms with E-state index in [0.29, 0.717) is 35.9 Å². The lowest BCUT2D eigenvalue weighted by Crippen LogP contribution is -2.36. The number of amides is 1. The Hall–Kier alpha value is -4.64. The van der Waals surface area contributed by atoms with Gasteiger partial charge in [0.25, 0.3) is 5.91 Å². The van der Waals surface area contributed by atoms with Crippen LogP contribution in [0.4, 0.5) is 17.3 Å². The second-order valence-corrected chi connectivity index (χ2v) is 7.38. The summed E-state index contributed by atoms with van der Waals surface area (Å²) >= 11 is 0. The zero-order valence-electron chi connectivity index (χ0n) is 17.9. The van der Waals surface area contributed by atoms with Gasteiger partial charge in [-0.25, -0.2) is 9.97 Å². The average Bonchev–Trinajstić information content (AvgIpc) is 2.85. The highest BCUT2D eigenvalue weighted by Gasteiger charge is 2.24. The van der Waals surface area contributed by atoms with E-state index in [1.165, 1.54) is 6.33 Å². The summed E-state index contributed by atoms with van der Waals surface area (Å²) in [5.74, 6) is 1.90. The van der Waals surface area contributed by atoms with Crippen LogP contribution in [-0.2, 0) is 4.79 Å². The Morgan fingerprint density at radius 2 is 1.85 bits per heavy atom. The lowest BCUT2D eigenvalue weighted by atomic mass is 10.0. The maximum absolute atomic E-state index is 12.4. The summed E-state index contributed by atoms with van der Waals surface area (Å²) in [6, 6.07) is 18.8. The third kappa shape index (κ3) is 4.99. The minimum Gasteiger partial charge on any atom is -0.457 e. The highest BCUT2D eigenvalue weighted by molar-refractivity contribution is 5.98. The topological polar surface area (TPSA) is 117 Å². The maximum Gasteiger partial charge on any atom is 0.264 e. The molecule has 8 nitrogen and oxygen atoms in total. The molecule has 33 heavy (non-hydrogen) atoms. The number of rotatable bonds is 6. The Labute approximate surface area is 191 Å². The van der Waals surface area contributed by atoms with Crippen LogP contribution in [0, 0.1) is 11.3 Å². The van der Waals surface area contributed by atoms with Crippen LogP contribution in [0.3, 0.4) is 0 Å². The number of anilines is 3. The number of hydrogen-bond donors (Lipinski definition) is 2. The summed E-state index contributed by atoms with van der Waals surface area (Å²) in [4.78, 5) is 22.5. The molecule has 2 heterocycles. The monoisotopic (exact) mass is 438 g/mol. The van der Waals surface area contributed by atoms with Crippen molar-refractivity contribution in [1.82, 2.24) is 14.9 Å². The molecular formula is C25H22N6O2. The molecule has 0 fully saturated rings. The first kappa shape index (κ1) is 21.6. The Bertz CT molecular complexity index is 1250. The molecule has 0 aliphatic carbocycles. The van der Waals surface area contributed by atoms with Gasteiger partial charge in [-0.2, -0.15) is 5.26 Å². The van der Waals surface area contributed by atoms with Gasteiger partial charge < -0.3 is 20.7 Å². The number of aromatic nitrogens is 2. The molecule has 0 radical (unpaired) electrons. The summed E-state index contributed by atoms with van der Waals surface area (Å²) in [7, 11) is 0. The SMILES string of the molecule is C=C(C#N)C(=O)N1CCC=C(c2c(N)ncnc2Nc2ccc(Oc3ccccc3)cc2)C1. The molecule has 1 aromatic heterocycles. The number of nitrogens with zero attached hydrogens (tertiary/aromatic N) is 4. The van der Waals surface area contributed by atoms with Crippen molar-refractivity contribution in [3.8, 4) is 17.6 Å². The molecule has 4 rings (SSSR count). The molecular weight excluding hydrogens is 416 g/mol. The van der Waals surface area contributed by atoms with Gasteiger partial charge in [0.05, 0.1) is 5.56 Å². The molecule has 164 valence electrons. The van der Waals surface area contributed by atoms with Gasteiger partial charge in [0.15, 0.2) is 0 Å². The fraction of sp³-hybridized carbons (Fsp3) is 0.120. The van der Waals surface area contributed by atoms with Crippen LogP contribution in [0.25, 0.3) is 5.57 Å². The van der Waals surface area contributed by atoms with Crippen molar-refractivity contribution < 1.29 is 9.53 Å². The summed E-state index contributed by atoms with van der Waals surface area (Å²) in [6.07, 6.45) is 4.02. The average molecular weight is 438 g/mol. The van der Waals surface area contributed by atoms with Crippen molar-refractivity contribution in [2.75, 3.05) is 24.1 Å². The number of hydrogen-bond acceptors (Lipinski definition) is 7. The van der Waals surface area contributed by atoms with Crippen molar-refractivity contribution in [2.24, 2.45) is 0 Å². The summed E-state index contributed by atoms with van der Waals surface area (Å²) in [5.41, 5.74) is 8.33. The van der Waals surface area contributed by atoms with E-state index in [-0.39, 0.29) is 18.0 Å². The minimum atomic E-state index is -0.387. The first-order valence-electron chi connectivity index (χ1n) is 10.3. The van der Waals surface area contributed by atoms with Crippen molar-refractivity contribution in [3.63, 3.8) is 0 Å². The Morgan fingerprint density at radius 1 is 1.12 bits per heavy atom. The zero-order chi connectivity index (χ0) is 23.2. The highest BCUT2D eigenvalue weighted by atomic mass is 16.5. The molecule has 8 heteroatoms. The van der Waals surface area contributed by atoms with Gasteiger partial charge in [-0.15, -0.1) is 0 Å². The van der Waals surface area contributed by atoms with E-state index in [4.69, 9.17) is 15.7 Å². The van der Waals surface area contributed by atoms with Crippen molar-refractivity contribution in [3.05, 3.63) is 84.7 Å². The number of nitrogens with one attached hydrogen (secondary N) is 1. The fourth-order valence-corrected chi connectivity index (χ4v) is 3.52. The van der Waals surface area contributed by atoms with Crippen LogP contribution < -0.4 is 15.8 Å². The molecule has 3 aromatic rings. The zero-order valence-corrected chi connectivity index (χ0v) is 17.9. The number of nitrogens with two attached hydrogens (primary N) is 1. The smallest absolute Gasteiger partial charge is 0.264 e. The summed E-state index contributed by atoms with van der Waals surface area (Å²) in [5, 5.41) is 12.3. The number of benzene rings is 2. The van der Waals surface area contributed by atoms with Crippen LogP contribution in [0.5, 0.6) is 11.5 Å². The lowest BCUT2D eigenvalue weighted by molar-refractivity contribution is -0.126. The summed E-state index contributed by atoms with van der Waals surface area (Å²) < 4.78 is 5.83. The van der Waals surface area contributed by atoms with Gasteiger partial charge in [0.2, 0.25) is 0 Å². The van der Waals surface area contributed by atoms with Crippen LogP contribution in [0.15, 0.2) is 79.2 Å². The van der Waals surface area contributed by atoms with Gasteiger partial charge in [-0.1, -0.05) is 30.9 Å². The summed E-state index contributed by atoms with van der Waals surface area (Å²) in [6.45, 7) is 4.32. The second kappa shape index (κ2) is 9.66. The molecule has 1 aliphatic rings. The Balaban J connectivity index is 1.54. The predicted molar refractivity (Wildman–Crippen MR) is 127 cm³/mol. The molecule has 3 N–H and O–H groups in total. The molecule has 0 atom stereocenters. The molecule has 0 unspecified atom stereocenters. The van der Waals surface area contributed by atoms with E-state index in [2.05, 4.69) is 21.9 Å². The van der Waals surface area contributed by atoms with Gasteiger partial charge >= 0.3 is 0 Å². The lowest BCUT2D eigenvalue weighted by Gasteiger charge is -2.28. The molecule has 1 amide bonds. The normalized spacial score (nSPS) is 12.9. The van der Waals surface area contributed by atoms with Crippen molar-refractivity contribution in [1.29, 1.82) is 5.26 Å². The number of para-hydroxylation sites is 1. The number of carbonyl (C=O) groups excluding carboxylic acids is 1. The molecule has 0 saturated carbocycles. The van der Waals surface area contributed by atoms with Crippen molar-refractivity contribution in [2.45, 2.75) is 6.42 Å². The molecule has 0 bridgehead atoms. The van der Waals surface area contributed by atoms with Gasteiger partial charge in [-0.05, 0) is 48.4 Å². The van der Waals surface area contributed by atoms with E-state index in [0.717, 1.165) is 17.0 Å². The second-order valence-electron chi connectivity index (χ2n) is 7.38. The van der Waals surface area contributed by atoms with Crippen LogP contribution in [0.1, 0.15) is 12.0 Å². The van der Waals surface area contributed by atoms with Crippen LogP contribution in [0.2, 0.25) is 0 Å².